The Kier molecular flexibility index (Phi) is 4.60. The van der Waals surface area contributed by atoms with Gasteiger partial charge in [0.25, 0.3) is 0 Å². The molecule has 22 heavy (non-hydrogen) atoms. The first kappa shape index (κ1) is 16.2. The van der Waals surface area contributed by atoms with Gasteiger partial charge in [-0.05, 0) is 30.7 Å². The predicted molar refractivity (Wildman–Crippen MR) is 73.6 cm³/mol. The number of aromatic nitrogens is 2. The van der Waals surface area contributed by atoms with Gasteiger partial charge in [0, 0.05) is 0 Å². The maximum atomic E-state index is 12.6. The molecule has 1 amide bonds. The quantitative estimate of drug-likeness (QED) is 0.852. The van der Waals surface area contributed by atoms with E-state index in [1.165, 1.54) is 14.0 Å². The molecule has 2 rings (SSSR count). The summed E-state index contributed by atoms with van der Waals surface area (Å²) in [6.07, 6.45) is 0. The van der Waals surface area contributed by atoms with E-state index in [0.29, 0.717) is 11.3 Å². The Balaban J connectivity index is 2.19. The average Bonchev–Trinajstić information content (AvgIpc) is 2.95. The molecule has 1 aromatic carbocycles. The first-order valence-electron chi connectivity index (χ1n) is 6.17. The van der Waals surface area contributed by atoms with E-state index in [0.717, 1.165) is 0 Å². The molecule has 0 saturated heterocycles. The fourth-order valence-electron chi connectivity index (χ4n) is 1.69. The van der Waals surface area contributed by atoms with E-state index in [1.54, 1.807) is 24.3 Å². The van der Waals surface area contributed by atoms with Gasteiger partial charge in [0.15, 0.2) is 0 Å². The summed E-state index contributed by atoms with van der Waals surface area (Å²) in [5.74, 6) is -0.932. The van der Waals surface area contributed by atoms with Crippen molar-refractivity contribution in [2.75, 3.05) is 7.11 Å². The Labute approximate surface area is 129 Å². The number of ether oxygens (including phenoxy) is 1. The van der Waals surface area contributed by atoms with Gasteiger partial charge < -0.3 is 14.6 Å². The number of alkyl halides is 3. The number of halogens is 3. The first-order valence-corrected chi connectivity index (χ1v) is 6.55. The first-order chi connectivity index (χ1) is 10.3. The molecule has 0 spiro atoms. The summed E-state index contributed by atoms with van der Waals surface area (Å²) in [6, 6.07) is 6.03. The number of amides is 1. The van der Waals surface area contributed by atoms with Crippen molar-refractivity contribution in [3.8, 4) is 17.1 Å². The van der Waals surface area contributed by atoms with Crippen LogP contribution in [0.5, 0.6) is 5.75 Å². The van der Waals surface area contributed by atoms with E-state index >= 15 is 0 Å². The highest BCUT2D eigenvalue weighted by atomic mass is 35.5. The molecule has 1 aromatic heterocycles. The number of hydrogen-bond donors (Lipinski definition) is 1. The number of benzene rings is 1. The van der Waals surface area contributed by atoms with Crippen molar-refractivity contribution in [2.45, 2.75) is 18.3 Å². The van der Waals surface area contributed by atoms with Gasteiger partial charge in [-0.1, -0.05) is 17.3 Å². The van der Waals surface area contributed by atoms with Gasteiger partial charge >= 0.3 is 11.3 Å². The smallest absolute Gasteiger partial charge is 0.399 e. The van der Waals surface area contributed by atoms with Crippen molar-refractivity contribution < 1.29 is 22.8 Å². The molecular formula is C13H12ClF2N3O3. The number of rotatable bonds is 5. The molecular weight excluding hydrogens is 320 g/mol. The molecule has 0 saturated carbocycles. The lowest BCUT2D eigenvalue weighted by Gasteiger charge is -2.12. The van der Waals surface area contributed by atoms with Crippen molar-refractivity contribution in [1.29, 1.82) is 0 Å². The second kappa shape index (κ2) is 6.27. The maximum Gasteiger partial charge on any atom is 0.399 e. The summed E-state index contributed by atoms with van der Waals surface area (Å²) < 4.78 is 35.4. The topological polar surface area (TPSA) is 77.3 Å². The van der Waals surface area contributed by atoms with E-state index in [9.17, 15) is 13.6 Å². The Morgan fingerprint density at radius 2 is 2.14 bits per heavy atom. The van der Waals surface area contributed by atoms with Crippen LogP contribution in [0.25, 0.3) is 11.4 Å². The third kappa shape index (κ3) is 3.51. The Morgan fingerprint density at radius 3 is 2.77 bits per heavy atom. The number of methoxy groups -OCH3 is 1. The molecule has 2 aromatic rings. The summed E-state index contributed by atoms with van der Waals surface area (Å²) in [5, 5.41) is 1.73. The number of carbonyl (C=O) groups is 1. The fourth-order valence-corrected chi connectivity index (χ4v) is 1.74. The molecule has 1 atom stereocenters. The zero-order chi connectivity index (χ0) is 16.3. The normalized spacial score (nSPS) is 12.8. The minimum atomic E-state index is -4.00. The Hall–Kier alpha value is -2.22. The van der Waals surface area contributed by atoms with Gasteiger partial charge in [-0.3, -0.25) is 4.79 Å². The summed E-state index contributed by atoms with van der Waals surface area (Å²) in [4.78, 5) is 15.2. The van der Waals surface area contributed by atoms with E-state index in [-0.39, 0.29) is 11.7 Å². The van der Waals surface area contributed by atoms with Crippen molar-refractivity contribution in [1.82, 2.24) is 15.5 Å². The maximum absolute atomic E-state index is 12.6. The molecule has 0 unspecified atom stereocenters. The third-order valence-electron chi connectivity index (χ3n) is 2.77. The zero-order valence-corrected chi connectivity index (χ0v) is 12.4. The zero-order valence-electron chi connectivity index (χ0n) is 11.6. The van der Waals surface area contributed by atoms with Crippen LogP contribution in [0.15, 0.2) is 28.8 Å². The molecule has 0 aliphatic heterocycles. The van der Waals surface area contributed by atoms with Crippen LogP contribution in [-0.4, -0.2) is 28.5 Å². The number of nitrogens with zero attached hydrogens (tertiary/aromatic N) is 2. The molecule has 0 aliphatic rings. The lowest BCUT2D eigenvalue weighted by molar-refractivity contribution is -0.136. The molecule has 0 radical (unpaired) electrons. The van der Waals surface area contributed by atoms with Crippen molar-refractivity contribution in [3.05, 3.63) is 30.2 Å². The molecule has 0 fully saturated rings. The molecule has 1 N–H and O–H groups in total. The van der Waals surface area contributed by atoms with Crippen LogP contribution in [0, 0.1) is 0 Å². The highest BCUT2D eigenvalue weighted by molar-refractivity contribution is 6.32. The summed E-state index contributed by atoms with van der Waals surface area (Å²) in [7, 11) is 1.49. The van der Waals surface area contributed by atoms with Crippen molar-refractivity contribution in [2.24, 2.45) is 0 Å². The highest BCUT2D eigenvalue weighted by Gasteiger charge is 2.37. The Bertz CT molecular complexity index is 673. The molecule has 9 heteroatoms. The molecule has 6 nitrogen and oxygen atoms in total. The summed E-state index contributed by atoms with van der Waals surface area (Å²) >= 11 is 4.63. The van der Waals surface area contributed by atoms with E-state index < -0.39 is 17.3 Å². The van der Waals surface area contributed by atoms with E-state index in [2.05, 4.69) is 21.7 Å². The average molecular weight is 332 g/mol. The second-order valence-corrected chi connectivity index (χ2v) is 4.82. The number of para-hydroxylation sites is 1. The molecule has 0 bridgehead atoms. The van der Waals surface area contributed by atoms with Crippen LogP contribution >= 0.6 is 11.6 Å². The van der Waals surface area contributed by atoms with Gasteiger partial charge in [0.2, 0.25) is 11.7 Å². The monoisotopic (exact) mass is 331 g/mol. The molecule has 118 valence electrons. The lowest BCUT2D eigenvalue weighted by Crippen LogP contribution is -2.37. The molecule has 1 heterocycles. The van der Waals surface area contributed by atoms with Crippen LogP contribution < -0.4 is 10.1 Å². The van der Waals surface area contributed by atoms with Crippen LogP contribution in [-0.2, 0) is 4.79 Å². The highest BCUT2D eigenvalue weighted by Crippen LogP contribution is 2.28. The van der Waals surface area contributed by atoms with Crippen LogP contribution in [0.2, 0.25) is 0 Å². The van der Waals surface area contributed by atoms with Gasteiger partial charge in [-0.25, -0.2) is 0 Å². The van der Waals surface area contributed by atoms with Crippen molar-refractivity contribution in [3.63, 3.8) is 0 Å². The van der Waals surface area contributed by atoms with Crippen LogP contribution in [0.3, 0.4) is 0 Å². The fraction of sp³-hybridized carbons (Fsp3) is 0.308. The SMILES string of the molecule is COc1ccccc1-c1noc([C@@H](C)NC(=O)C(F)(F)Cl)n1. The predicted octanol–water partition coefficient (Wildman–Crippen LogP) is 2.75. The van der Waals surface area contributed by atoms with Gasteiger partial charge in [0.05, 0.1) is 12.7 Å². The summed E-state index contributed by atoms with van der Waals surface area (Å²) in [5.41, 5.74) is 0.571. The van der Waals surface area contributed by atoms with E-state index in [4.69, 9.17) is 9.26 Å². The minimum absolute atomic E-state index is 0.0322. The third-order valence-corrected chi connectivity index (χ3v) is 2.94. The van der Waals surface area contributed by atoms with E-state index in [1.807, 2.05) is 5.32 Å². The number of carbonyl (C=O) groups excluding carboxylic acids is 1. The van der Waals surface area contributed by atoms with Crippen LogP contribution in [0.1, 0.15) is 18.9 Å². The lowest BCUT2D eigenvalue weighted by atomic mass is 10.2. The minimum Gasteiger partial charge on any atom is -0.496 e. The number of hydrogen-bond acceptors (Lipinski definition) is 5. The largest absolute Gasteiger partial charge is 0.496 e. The van der Waals surface area contributed by atoms with Gasteiger partial charge in [0.1, 0.15) is 11.8 Å². The van der Waals surface area contributed by atoms with Crippen LogP contribution in [0.4, 0.5) is 8.78 Å². The number of nitrogens with one attached hydrogen (secondary N) is 1. The molecule has 0 aliphatic carbocycles. The van der Waals surface area contributed by atoms with Crippen molar-refractivity contribution >= 4 is 17.5 Å². The van der Waals surface area contributed by atoms with Gasteiger partial charge in [-0.2, -0.15) is 13.8 Å². The summed E-state index contributed by atoms with van der Waals surface area (Å²) in [6.45, 7) is 1.42. The Morgan fingerprint density at radius 1 is 1.45 bits per heavy atom. The second-order valence-electron chi connectivity index (χ2n) is 4.35. The standard InChI is InChI=1S/C13H12ClF2N3O3/c1-7(17-12(20)13(14,15)16)11-18-10(19-22-11)8-5-3-4-6-9(8)21-2/h3-7H,1-2H3,(H,17,20)/t7-/m1/s1. The van der Waals surface area contributed by atoms with Gasteiger partial charge in [-0.15, -0.1) is 0 Å².